The lowest BCUT2D eigenvalue weighted by molar-refractivity contribution is -0.144. The third-order valence-electron chi connectivity index (χ3n) is 2.46. The molecule has 5 heteroatoms. The number of methoxy groups -OCH3 is 1. The van der Waals surface area contributed by atoms with Crippen molar-refractivity contribution in [3.63, 3.8) is 0 Å². The Labute approximate surface area is 110 Å². The lowest BCUT2D eigenvalue weighted by Gasteiger charge is -2.21. The van der Waals surface area contributed by atoms with Crippen molar-refractivity contribution in [2.45, 2.75) is 39.8 Å². The fourth-order valence-corrected chi connectivity index (χ4v) is 1.48. The molecule has 0 aliphatic heterocycles. The van der Waals surface area contributed by atoms with Crippen LogP contribution in [0.15, 0.2) is 0 Å². The van der Waals surface area contributed by atoms with Gasteiger partial charge in [-0.3, -0.25) is 4.79 Å². The van der Waals surface area contributed by atoms with Gasteiger partial charge in [-0.2, -0.15) is 0 Å². The Morgan fingerprint density at radius 3 is 2.28 bits per heavy atom. The zero-order valence-electron chi connectivity index (χ0n) is 12.1. The Bertz CT molecular complexity index is 231. The molecule has 0 saturated carbocycles. The van der Waals surface area contributed by atoms with Gasteiger partial charge in [-0.1, -0.05) is 27.7 Å². The molecule has 2 N–H and O–H groups in total. The molecule has 0 fully saturated rings. The quantitative estimate of drug-likeness (QED) is 0.601. The van der Waals surface area contributed by atoms with Crippen LogP contribution in [0.4, 0.5) is 0 Å². The molecule has 0 heterocycles. The van der Waals surface area contributed by atoms with Crippen LogP contribution in [0.5, 0.6) is 0 Å². The number of aliphatic hydroxyl groups excluding tert-OH is 1. The van der Waals surface area contributed by atoms with Gasteiger partial charge < -0.3 is 19.9 Å². The first-order valence-corrected chi connectivity index (χ1v) is 6.45. The van der Waals surface area contributed by atoms with E-state index in [-0.39, 0.29) is 18.5 Å². The van der Waals surface area contributed by atoms with Crippen LogP contribution in [0.1, 0.15) is 27.7 Å². The van der Waals surface area contributed by atoms with Crippen LogP contribution in [0.3, 0.4) is 0 Å². The summed E-state index contributed by atoms with van der Waals surface area (Å²) >= 11 is 0. The number of hydrogen-bond acceptors (Lipinski definition) is 5. The van der Waals surface area contributed by atoms with Gasteiger partial charge in [0.15, 0.2) is 0 Å². The summed E-state index contributed by atoms with van der Waals surface area (Å²) in [6.45, 7) is 9.18. The normalized spacial score (nSPS) is 14.9. The number of rotatable bonds is 9. The lowest BCUT2D eigenvalue weighted by Crippen LogP contribution is -2.45. The third-order valence-corrected chi connectivity index (χ3v) is 2.46. The number of hydrogen-bond donors (Lipinski definition) is 2. The van der Waals surface area contributed by atoms with Gasteiger partial charge in [-0.25, -0.2) is 0 Å². The van der Waals surface area contributed by atoms with Crippen molar-refractivity contribution in [1.82, 2.24) is 5.32 Å². The van der Waals surface area contributed by atoms with Crippen molar-refractivity contribution in [2.24, 2.45) is 11.8 Å². The summed E-state index contributed by atoms with van der Waals surface area (Å²) in [6.07, 6.45) is -0.616. The van der Waals surface area contributed by atoms with Crippen molar-refractivity contribution in [1.29, 1.82) is 0 Å². The highest BCUT2D eigenvalue weighted by Crippen LogP contribution is 2.03. The summed E-state index contributed by atoms with van der Waals surface area (Å²) in [5, 5.41) is 12.7. The van der Waals surface area contributed by atoms with Crippen molar-refractivity contribution < 1.29 is 19.4 Å². The molecular weight excluding hydrogens is 234 g/mol. The SMILES string of the molecule is COC(=O)C(NCC(O)COCC(C)C)C(C)C. The van der Waals surface area contributed by atoms with Crippen LogP contribution in [-0.4, -0.2) is 50.1 Å². The predicted octanol–water partition coefficient (Wildman–Crippen LogP) is 0.807. The van der Waals surface area contributed by atoms with Gasteiger partial charge in [-0.15, -0.1) is 0 Å². The van der Waals surface area contributed by atoms with Gasteiger partial charge in [0.1, 0.15) is 6.04 Å². The summed E-state index contributed by atoms with van der Waals surface area (Å²) in [6, 6.07) is -0.394. The second kappa shape index (κ2) is 9.30. The molecule has 0 amide bonds. The first-order chi connectivity index (χ1) is 8.38. The van der Waals surface area contributed by atoms with Crippen molar-refractivity contribution >= 4 is 5.97 Å². The van der Waals surface area contributed by atoms with Crippen LogP contribution in [0.2, 0.25) is 0 Å². The molecule has 0 aliphatic carbocycles. The third kappa shape index (κ3) is 7.63. The average Bonchev–Trinajstić information content (AvgIpc) is 2.27. The molecule has 0 aliphatic rings. The fraction of sp³-hybridized carbons (Fsp3) is 0.923. The first kappa shape index (κ1) is 17.4. The molecule has 2 atom stereocenters. The van der Waals surface area contributed by atoms with Crippen LogP contribution < -0.4 is 5.32 Å². The highest BCUT2D eigenvalue weighted by molar-refractivity contribution is 5.75. The van der Waals surface area contributed by atoms with Gasteiger partial charge in [0.05, 0.1) is 19.8 Å². The topological polar surface area (TPSA) is 67.8 Å². The summed E-state index contributed by atoms with van der Waals surface area (Å²) < 4.78 is 10.0. The molecule has 18 heavy (non-hydrogen) atoms. The lowest BCUT2D eigenvalue weighted by atomic mass is 10.0. The van der Waals surface area contributed by atoms with Gasteiger partial charge in [0.25, 0.3) is 0 Å². The van der Waals surface area contributed by atoms with E-state index >= 15 is 0 Å². The van der Waals surface area contributed by atoms with Crippen LogP contribution in [-0.2, 0) is 14.3 Å². The van der Waals surface area contributed by atoms with E-state index in [2.05, 4.69) is 19.2 Å². The molecule has 2 unspecified atom stereocenters. The Hall–Kier alpha value is -0.650. The average molecular weight is 261 g/mol. The Kier molecular flexibility index (Phi) is 8.97. The largest absolute Gasteiger partial charge is 0.468 e. The zero-order valence-corrected chi connectivity index (χ0v) is 12.1. The second-order valence-corrected chi connectivity index (χ2v) is 5.24. The van der Waals surface area contributed by atoms with E-state index in [0.29, 0.717) is 19.1 Å². The second-order valence-electron chi connectivity index (χ2n) is 5.24. The van der Waals surface area contributed by atoms with E-state index in [1.807, 2.05) is 13.8 Å². The standard InChI is InChI=1S/C13H27NO4/c1-9(2)7-18-8-11(15)6-14-12(10(3)4)13(16)17-5/h9-12,14-15H,6-8H2,1-5H3. The summed E-state index contributed by atoms with van der Waals surface area (Å²) in [7, 11) is 1.36. The van der Waals surface area contributed by atoms with Gasteiger partial charge in [-0.05, 0) is 11.8 Å². The molecule has 0 aromatic heterocycles. The molecule has 5 nitrogen and oxygen atoms in total. The highest BCUT2D eigenvalue weighted by Gasteiger charge is 2.23. The Balaban J connectivity index is 3.93. The summed E-state index contributed by atoms with van der Waals surface area (Å²) in [5.74, 6) is 0.255. The van der Waals surface area contributed by atoms with E-state index in [1.165, 1.54) is 7.11 Å². The number of carbonyl (C=O) groups excluding carboxylic acids is 1. The minimum atomic E-state index is -0.616. The molecule has 0 aromatic carbocycles. The zero-order chi connectivity index (χ0) is 14.1. The maximum absolute atomic E-state index is 11.5. The molecule has 108 valence electrons. The molecule has 0 saturated heterocycles. The molecular formula is C13H27NO4. The van der Waals surface area contributed by atoms with E-state index in [9.17, 15) is 9.90 Å². The van der Waals surface area contributed by atoms with Crippen LogP contribution >= 0.6 is 0 Å². The number of aliphatic hydroxyl groups is 1. The van der Waals surface area contributed by atoms with E-state index in [0.717, 1.165) is 0 Å². The Morgan fingerprint density at radius 2 is 1.83 bits per heavy atom. The summed E-state index contributed by atoms with van der Waals surface area (Å²) in [5.41, 5.74) is 0. The number of ether oxygens (including phenoxy) is 2. The highest BCUT2D eigenvalue weighted by atomic mass is 16.5. The summed E-state index contributed by atoms with van der Waals surface area (Å²) in [4.78, 5) is 11.5. The first-order valence-electron chi connectivity index (χ1n) is 6.45. The van der Waals surface area contributed by atoms with E-state index in [1.54, 1.807) is 0 Å². The smallest absolute Gasteiger partial charge is 0.323 e. The maximum atomic E-state index is 11.5. The fourth-order valence-electron chi connectivity index (χ4n) is 1.48. The predicted molar refractivity (Wildman–Crippen MR) is 70.3 cm³/mol. The van der Waals surface area contributed by atoms with Crippen LogP contribution in [0, 0.1) is 11.8 Å². The minimum absolute atomic E-state index is 0.112. The van der Waals surface area contributed by atoms with Crippen molar-refractivity contribution in [3.8, 4) is 0 Å². The molecule has 0 spiro atoms. The maximum Gasteiger partial charge on any atom is 0.323 e. The molecule has 0 rings (SSSR count). The van der Waals surface area contributed by atoms with E-state index in [4.69, 9.17) is 9.47 Å². The Morgan fingerprint density at radius 1 is 1.22 bits per heavy atom. The molecule has 0 aromatic rings. The van der Waals surface area contributed by atoms with Crippen molar-refractivity contribution in [3.05, 3.63) is 0 Å². The van der Waals surface area contributed by atoms with Gasteiger partial charge >= 0.3 is 5.97 Å². The minimum Gasteiger partial charge on any atom is -0.468 e. The van der Waals surface area contributed by atoms with Gasteiger partial charge in [0.2, 0.25) is 0 Å². The van der Waals surface area contributed by atoms with Gasteiger partial charge in [0, 0.05) is 13.2 Å². The number of carbonyl (C=O) groups is 1. The molecule has 0 bridgehead atoms. The monoisotopic (exact) mass is 261 g/mol. The van der Waals surface area contributed by atoms with Crippen LogP contribution in [0.25, 0.3) is 0 Å². The van der Waals surface area contributed by atoms with Crippen molar-refractivity contribution in [2.75, 3.05) is 26.9 Å². The number of esters is 1. The molecule has 0 radical (unpaired) electrons. The number of nitrogens with one attached hydrogen (secondary N) is 1. The van der Waals surface area contributed by atoms with E-state index < -0.39 is 12.1 Å².